The Bertz CT molecular complexity index is 3050. The Hall–Kier alpha value is -5.42. The van der Waals surface area contributed by atoms with Gasteiger partial charge in [-0.15, -0.1) is 5.10 Å². The van der Waals surface area contributed by atoms with E-state index in [1.54, 1.807) is 6.20 Å². The third-order valence-corrected chi connectivity index (χ3v) is 16.5. The molecule has 0 spiro atoms. The van der Waals surface area contributed by atoms with Gasteiger partial charge in [0.25, 0.3) is 0 Å². The number of H-pyrrole nitrogens is 2. The highest BCUT2D eigenvalue weighted by atomic mass is 16.8. The van der Waals surface area contributed by atoms with E-state index in [-0.39, 0.29) is 26.1 Å². The van der Waals surface area contributed by atoms with E-state index in [2.05, 4.69) is 61.4 Å². The molecule has 7 unspecified atom stereocenters. The minimum Gasteiger partial charge on any atom is -0.494 e. The van der Waals surface area contributed by atoms with E-state index in [0.717, 1.165) is 77.4 Å². The summed E-state index contributed by atoms with van der Waals surface area (Å²) in [5, 5.41) is 74.6. The SMILES string of the molecule is CN1CCN(c2ccc3nc(-c4ccc5nc(-c6ccc(OCCCCc7cn(C[C@H]8O[C@@H](O[C@@H]9C(O)[C@H](N)CC(N)[C@@H]9O[C@@H]9OC(CN)[C@H](O)[C@H](O)C9N)[C@@H](O)C8O[C@H]8O[C@@H](CN)[C@@H](O)C(O)C8N)nn7)cc6)[nH]c5c4)[nH]c3c2)CC1. The Morgan fingerprint density at radius 2 is 1.20 bits per heavy atom. The lowest BCUT2D eigenvalue weighted by molar-refractivity contribution is -0.306. The van der Waals surface area contributed by atoms with E-state index in [1.807, 2.05) is 36.4 Å². The summed E-state index contributed by atoms with van der Waals surface area (Å²) in [6, 6.07) is 16.0. The van der Waals surface area contributed by atoms with Crippen molar-refractivity contribution in [2.24, 2.45) is 34.4 Å². The van der Waals surface area contributed by atoms with Crippen LogP contribution in [0.15, 0.2) is 66.9 Å². The van der Waals surface area contributed by atoms with Crippen LogP contribution in [0, 0.1) is 0 Å². The second-order valence-electron chi connectivity index (χ2n) is 22.2. The molecule has 5 fully saturated rings. The van der Waals surface area contributed by atoms with Crippen LogP contribution in [-0.4, -0.2) is 240 Å². The zero-order valence-corrected chi connectivity index (χ0v) is 45.4. The van der Waals surface area contributed by atoms with E-state index in [0.29, 0.717) is 30.9 Å². The predicted molar refractivity (Wildman–Crippen MR) is 296 cm³/mol. The van der Waals surface area contributed by atoms with Gasteiger partial charge < -0.3 is 118 Å². The second-order valence-corrected chi connectivity index (χ2v) is 22.2. The first-order chi connectivity index (χ1) is 39.5. The number of nitrogens with zero attached hydrogens (tertiary/aromatic N) is 7. The van der Waals surface area contributed by atoms with Crippen molar-refractivity contribution in [1.82, 2.24) is 39.8 Å². The summed E-state index contributed by atoms with van der Waals surface area (Å²) in [5.74, 6) is 2.25. The molecule has 0 amide bonds. The summed E-state index contributed by atoms with van der Waals surface area (Å²) in [6.07, 6.45) is -16.3. The molecule has 82 heavy (non-hydrogen) atoms. The summed E-state index contributed by atoms with van der Waals surface area (Å²) < 4.78 is 44.4. The number of benzene rings is 3. The number of aryl methyl sites for hydroxylation is 1. The van der Waals surface area contributed by atoms with Crippen LogP contribution in [0.1, 0.15) is 25.0 Å². The molecule has 1 saturated carbocycles. The van der Waals surface area contributed by atoms with Gasteiger partial charge in [0.05, 0.1) is 59.1 Å². The van der Waals surface area contributed by atoms with Crippen molar-refractivity contribution in [3.63, 3.8) is 0 Å². The number of rotatable bonds is 19. The van der Waals surface area contributed by atoms with Crippen LogP contribution in [0.3, 0.4) is 0 Å². The van der Waals surface area contributed by atoms with Gasteiger partial charge >= 0.3 is 0 Å². The van der Waals surface area contributed by atoms with Crippen LogP contribution in [-0.2, 0) is 41.4 Å². The van der Waals surface area contributed by atoms with Gasteiger partial charge in [-0.25, -0.2) is 14.6 Å². The van der Waals surface area contributed by atoms with Gasteiger partial charge in [-0.1, -0.05) is 5.21 Å². The average molecular weight is 1140 g/mol. The number of likely N-dealkylation sites (N-methyl/N-ethyl adjacent to an activating group) is 1. The Kier molecular flexibility index (Phi) is 17.8. The number of aliphatic hydroxyl groups excluding tert-OH is 6. The van der Waals surface area contributed by atoms with Crippen molar-refractivity contribution in [1.29, 1.82) is 0 Å². The zero-order valence-electron chi connectivity index (χ0n) is 45.4. The van der Waals surface area contributed by atoms with Crippen molar-refractivity contribution in [3.05, 3.63) is 72.6 Å². The van der Waals surface area contributed by atoms with Crippen LogP contribution >= 0.6 is 0 Å². The molecule has 4 aliphatic heterocycles. The molecular formula is C54H77N15O13. The minimum absolute atomic E-state index is 0.0469. The maximum Gasteiger partial charge on any atom is 0.187 e. The number of aromatic amines is 2. The number of aromatic nitrogens is 7. The number of hydrogen-bond donors (Lipinski definition) is 14. The number of nitrogens with two attached hydrogens (primary N) is 6. The lowest BCUT2D eigenvalue weighted by Crippen LogP contribution is -2.68. The molecule has 6 aromatic rings. The molecule has 3 aromatic carbocycles. The smallest absolute Gasteiger partial charge is 0.187 e. The van der Waals surface area contributed by atoms with E-state index < -0.39 is 116 Å². The number of unbranched alkanes of at least 4 members (excludes halogenated alkanes) is 1. The molecule has 5 aliphatic rings. The number of nitrogens with one attached hydrogen (secondary N) is 2. The fraction of sp³-hybridized carbons (Fsp3) is 0.593. The van der Waals surface area contributed by atoms with E-state index in [1.165, 1.54) is 10.4 Å². The van der Waals surface area contributed by atoms with Crippen LogP contribution in [0.2, 0.25) is 0 Å². The normalized spacial score (nSPS) is 34.8. The summed E-state index contributed by atoms with van der Waals surface area (Å²) in [4.78, 5) is 21.5. The number of hydrogen-bond acceptors (Lipinski definition) is 25. The monoisotopic (exact) mass is 1140 g/mol. The standard InChI is InChI=1S/C54H77N15O13/c1-67-13-15-68(16-14-67)28-8-12-33-35(19-28)64-51(62-33)26-7-11-32-34(18-26)63-50(61-32)25-5-9-29(10-6-25)76-17-3-2-4-27-23-69(66-65-27)24-38-48(81-53-40(60)45(74)43(72)37(22-56)78-53)46(75)54(79-38)82-49-41(70)30(57)20-31(58)47(49)80-52-39(59)44(73)42(71)36(21-55)77-52/h5-12,18-19,23,30-31,36-49,52-54,70-75H,2-4,13-17,20-22,24,55-60H2,1H3,(H,61,63)(H,62,64)/t30-,31?,36?,37+,38-,39?,40?,41?,42+,43-,44-,45?,46+,47+,48?,49-,52+,53-,54+/m1/s1. The number of fused-ring (bicyclic) bond motifs is 2. The molecule has 0 radical (unpaired) electrons. The molecule has 4 saturated heterocycles. The van der Waals surface area contributed by atoms with Crippen LogP contribution in [0.5, 0.6) is 5.75 Å². The Morgan fingerprint density at radius 3 is 1.85 bits per heavy atom. The minimum atomic E-state index is -1.62. The molecule has 1 aliphatic carbocycles. The lowest BCUT2D eigenvalue weighted by Gasteiger charge is -2.47. The fourth-order valence-corrected chi connectivity index (χ4v) is 11.5. The number of piperazine rings is 1. The number of aliphatic hydroxyl groups is 6. The topological polar surface area (TPSA) is 437 Å². The average Bonchev–Trinajstić information content (AvgIpc) is 4.47. The largest absolute Gasteiger partial charge is 0.494 e. The van der Waals surface area contributed by atoms with Gasteiger partial charge in [0, 0.05) is 74.4 Å². The zero-order chi connectivity index (χ0) is 57.5. The Balaban J connectivity index is 0.698. The maximum atomic E-state index is 11.9. The van der Waals surface area contributed by atoms with Gasteiger partial charge in [-0.05, 0) is 93.4 Å². The van der Waals surface area contributed by atoms with E-state index in [4.69, 9.17) is 77.5 Å². The number of imidazole rings is 2. The highest BCUT2D eigenvalue weighted by molar-refractivity contribution is 5.87. The summed E-state index contributed by atoms with van der Waals surface area (Å²) >= 11 is 0. The van der Waals surface area contributed by atoms with Crippen LogP contribution < -0.4 is 44.0 Å². The van der Waals surface area contributed by atoms with Crippen molar-refractivity contribution in [3.8, 4) is 28.5 Å². The number of anilines is 1. The van der Waals surface area contributed by atoms with Gasteiger partial charge in [0.2, 0.25) is 0 Å². The van der Waals surface area contributed by atoms with E-state index in [9.17, 15) is 30.6 Å². The molecular weight excluding hydrogens is 1070 g/mol. The van der Waals surface area contributed by atoms with Crippen molar-refractivity contribution < 1.29 is 63.8 Å². The third-order valence-electron chi connectivity index (χ3n) is 16.5. The molecule has 28 nitrogen and oxygen atoms in total. The van der Waals surface area contributed by atoms with Crippen LogP contribution in [0.25, 0.3) is 44.8 Å². The second kappa shape index (κ2) is 25.0. The first-order valence-electron chi connectivity index (χ1n) is 28.0. The molecule has 7 heterocycles. The highest BCUT2D eigenvalue weighted by Gasteiger charge is 2.55. The molecule has 0 bridgehead atoms. The molecule has 19 atom stereocenters. The third kappa shape index (κ3) is 12.2. The van der Waals surface area contributed by atoms with Gasteiger partial charge in [-0.3, -0.25) is 0 Å². The first kappa shape index (κ1) is 58.4. The molecule has 28 heteroatoms. The highest BCUT2D eigenvalue weighted by Crippen LogP contribution is 2.36. The maximum absolute atomic E-state index is 11.9. The van der Waals surface area contributed by atoms with Gasteiger partial charge in [0.1, 0.15) is 84.5 Å². The number of ether oxygens (including phenoxy) is 7. The molecule has 3 aromatic heterocycles. The van der Waals surface area contributed by atoms with Crippen molar-refractivity contribution in [2.75, 3.05) is 57.8 Å². The predicted octanol–water partition coefficient (Wildman–Crippen LogP) is -3.36. The Morgan fingerprint density at radius 1 is 0.610 bits per heavy atom. The van der Waals surface area contributed by atoms with E-state index >= 15 is 0 Å². The summed E-state index contributed by atoms with van der Waals surface area (Å²) in [7, 11) is 2.16. The molecule has 20 N–H and O–H groups in total. The quantitative estimate of drug-likeness (QED) is 0.0352. The molecule has 446 valence electrons. The lowest BCUT2D eigenvalue weighted by atomic mass is 9.84. The van der Waals surface area contributed by atoms with Crippen LogP contribution in [0.4, 0.5) is 5.69 Å². The first-order valence-corrected chi connectivity index (χ1v) is 28.0. The fourth-order valence-electron chi connectivity index (χ4n) is 11.5. The van der Waals surface area contributed by atoms with Gasteiger partial charge in [-0.2, -0.15) is 0 Å². The van der Waals surface area contributed by atoms with Crippen molar-refractivity contribution in [2.45, 2.75) is 149 Å². The van der Waals surface area contributed by atoms with Gasteiger partial charge in [0.15, 0.2) is 18.9 Å². The van der Waals surface area contributed by atoms with Crippen molar-refractivity contribution >= 4 is 27.8 Å². The Labute approximate surface area is 471 Å². The summed E-state index contributed by atoms with van der Waals surface area (Å²) in [5.41, 5.74) is 44.4. The molecule has 11 rings (SSSR count). The summed E-state index contributed by atoms with van der Waals surface area (Å²) in [6.45, 7) is 4.13.